The van der Waals surface area contributed by atoms with Crippen LogP contribution in [0.3, 0.4) is 0 Å². The highest BCUT2D eigenvalue weighted by Crippen LogP contribution is 2.31. The van der Waals surface area contributed by atoms with E-state index < -0.39 is 0 Å². The van der Waals surface area contributed by atoms with Gasteiger partial charge in [0, 0.05) is 24.2 Å². The molecule has 0 fully saturated rings. The van der Waals surface area contributed by atoms with Crippen LogP contribution < -0.4 is 9.64 Å². The minimum absolute atomic E-state index is 0.118. The lowest BCUT2D eigenvalue weighted by molar-refractivity contribution is -0.114. The molecule has 0 saturated carbocycles. The van der Waals surface area contributed by atoms with Gasteiger partial charge < -0.3 is 9.64 Å². The number of hydrogen-bond acceptors (Lipinski definition) is 5. The van der Waals surface area contributed by atoms with Gasteiger partial charge in [-0.25, -0.2) is 4.98 Å². The van der Waals surface area contributed by atoms with Gasteiger partial charge in [-0.05, 0) is 49.0 Å². The van der Waals surface area contributed by atoms with Crippen LogP contribution in [0.1, 0.15) is 19.4 Å². The number of carbonyl (C=O) groups excluding carboxylic acids is 1. The summed E-state index contributed by atoms with van der Waals surface area (Å²) >= 11 is 7.71. The number of carbonyl (C=O) groups is 1. The topological polar surface area (TPSA) is 45.7 Å². The summed E-state index contributed by atoms with van der Waals surface area (Å²) < 4.78 is 6.30. The number of anilines is 1. The predicted octanol–water partition coefficient (Wildman–Crippen LogP) is 5.35. The number of ether oxygens (including phenoxy) is 1. The van der Waals surface area contributed by atoms with Crippen LogP contribution in [0, 0.1) is 0 Å². The maximum absolute atomic E-state index is 13.1. The summed E-state index contributed by atoms with van der Waals surface area (Å²) in [5.74, 6) is 0.658. The van der Waals surface area contributed by atoms with Crippen LogP contribution in [0.4, 0.5) is 5.13 Å². The second-order valence-corrected chi connectivity index (χ2v) is 8.12. The van der Waals surface area contributed by atoms with Crippen molar-refractivity contribution in [2.45, 2.75) is 13.8 Å². The standard InChI is InChI=1S/C23H26ClN3O2S/c1-4-26(5-2)14-15-27(22(28)13-10-17-8-6-7-9-19(17)24)23-25-20-12-11-18(29-3)16-21(20)30-23/h6-13,16H,4-5,14-15H2,1-3H3/b13-10+. The molecule has 0 aliphatic rings. The van der Waals surface area contributed by atoms with Crippen molar-refractivity contribution in [3.8, 4) is 5.75 Å². The Hall–Kier alpha value is -2.41. The monoisotopic (exact) mass is 443 g/mol. The van der Waals surface area contributed by atoms with Crippen molar-refractivity contribution in [2.75, 3.05) is 38.2 Å². The van der Waals surface area contributed by atoms with Crippen molar-refractivity contribution >= 4 is 50.3 Å². The van der Waals surface area contributed by atoms with Crippen LogP contribution in [0.5, 0.6) is 5.75 Å². The number of methoxy groups -OCH3 is 1. The molecule has 3 rings (SSSR count). The molecule has 1 heterocycles. The molecule has 3 aromatic rings. The molecule has 0 aliphatic carbocycles. The van der Waals surface area contributed by atoms with Crippen LogP contribution in [0.2, 0.25) is 5.02 Å². The fourth-order valence-electron chi connectivity index (χ4n) is 3.08. The van der Waals surface area contributed by atoms with E-state index in [9.17, 15) is 4.79 Å². The molecule has 0 radical (unpaired) electrons. The van der Waals surface area contributed by atoms with E-state index in [0.29, 0.717) is 16.7 Å². The first-order valence-corrected chi connectivity index (χ1v) is 11.2. The lowest BCUT2D eigenvalue weighted by atomic mass is 10.2. The molecule has 158 valence electrons. The van der Waals surface area contributed by atoms with Crippen LogP contribution in [-0.4, -0.2) is 49.1 Å². The second kappa shape index (κ2) is 10.6. The predicted molar refractivity (Wildman–Crippen MR) is 127 cm³/mol. The van der Waals surface area contributed by atoms with Gasteiger partial charge in [-0.3, -0.25) is 9.69 Å². The molecule has 0 aliphatic heterocycles. The number of halogens is 1. The first-order valence-electron chi connectivity index (χ1n) is 9.96. The number of aromatic nitrogens is 1. The van der Waals surface area contributed by atoms with Gasteiger partial charge >= 0.3 is 0 Å². The summed E-state index contributed by atoms with van der Waals surface area (Å²) in [7, 11) is 1.64. The summed E-state index contributed by atoms with van der Waals surface area (Å²) in [6.45, 7) is 7.45. The van der Waals surface area contributed by atoms with Crippen molar-refractivity contribution in [2.24, 2.45) is 0 Å². The molecular formula is C23H26ClN3O2S. The summed E-state index contributed by atoms with van der Waals surface area (Å²) in [4.78, 5) is 21.9. The summed E-state index contributed by atoms with van der Waals surface area (Å²) in [5.41, 5.74) is 1.66. The number of fused-ring (bicyclic) bond motifs is 1. The highest BCUT2D eigenvalue weighted by Gasteiger charge is 2.19. The molecule has 0 saturated heterocycles. The molecular weight excluding hydrogens is 418 g/mol. The van der Waals surface area contributed by atoms with E-state index in [1.165, 1.54) is 11.3 Å². The minimum Gasteiger partial charge on any atom is -0.497 e. The Morgan fingerprint density at radius 2 is 1.93 bits per heavy atom. The normalized spacial score (nSPS) is 11.5. The maximum Gasteiger partial charge on any atom is 0.252 e. The van der Waals surface area contributed by atoms with Gasteiger partial charge in [-0.15, -0.1) is 0 Å². The van der Waals surface area contributed by atoms with Gasteiger partial charge in [0.1, 0.15) is 5.75 Å². The van der Waals surface area contributed by atoms with Crippen LogP contribution in [-0.2, 0) is 4.79 Å². The lowest BCUT2D eigenvalue weighted by Gasteiger charge is -2.23. The van der Waals surface area contributed by atoms with Crippen LogP contribution in [0.25, 0.3) is 16.3 Å². The fourth-order valence-corrected chi connectivity index (χ4v) is 4.30. The highest BCUT2D eigenvalue weighted by molar-refractivity contribution is 7.22. The average Bonchev–Trinajstić information content (AvgIpc) is 3.18. The molecule has 0 spiro atoms. The number of amides is 1. The molecule has 0 atom stereocenters. The molecule has 0 N–H and O–H groups in total. The molecule has 0 bridgehead atoms. The van der Waals surface area contributed by atoms with Gasteiger partial charge in [0.15, 0.2) is 5.13 Å². The molecule has 1 amide bonds. The number of thiazole rings is 1. The quantitative estimate of drug-likeness (QED) is 0.418. The molecule has 5 nitrogen and oxygen atoms in total. The van der Waals surface area contributed by atoms with Gasteiger partial charge in [-0.2, -0.15) is 0 Å². The summed E-state index contributed by atoms with van der Waals surface area (Å²) in [6, 6.07) is 13.2. The van der Waals surface area contributed by atoms with E-state index in [2.05, 4.69) is 18.7 Å². The van der Waals surface area contributed by atoms with E-state index in [1.54, 1.807) is 24.2 Å². The Morgan fingerprint density at radius 1 is 1.17 bits per heavy atom. The summed E-state index contributed by atoms with van der Waals surface area (Å²) in [6.07, 6.45) is 3.32. The zero-order valence-electron chi connectivity index (χ0n) is 17.5. The Labute approximate surface area is 186 Å². The van der Waals surface area contributed by atoms with E-state index in [1.807, 2.05) is 42.5 Å². The van der Waals surface area contributed by atoms with Crippen molar-refractivity contribution in [1.29, 1.82) is 0 Å². The zero-order valence-corrected chi connectivity index (χ0v) is 19.0. The van der Waals surface area contributed by atoms with E-state index in [0.717, 1.165) is 41.2 Å². The number of rotatable bonds is 9. The van der Waals surface area contributed by atoms with E-state index in [-0.39, 0.29) is 5.91 Å². The van der Waals surface area contributed by atoms with Gasteiger partial charge in [0.25, 0.3) is 5.91 Å². The molecule has 2 aromatic carbocycles. The fraction of sp³-hybridized carbons (Fsp3) is 0.304. The molecule has 30 heavy (non-hydrogen) atoms. The first kappa shape index (κ1) is 22.3. The van der Waals surface area contributed by atoms with Gasteiger partial charge in [0.05, 0.1) is 17.3 Å². The molecule has 0 unspecified atom stereocenters. The molecule has 7 heteroatoms. The van der Waals surface area contributed by atoms with Crippen LogP contribution in [0.15, 0.2) is 48.5 Å². The van der Waals surface area contributed by atoms with E-state index in [4.69, 9.17) is 21.3 Å². The van der Waals surface area contributed by atoms with Crippen molar-refractivity contribution < 1.29 is 9.53 Å². The number of likely N-dealkylation sites (N-methyl/N-ethyl adjacent to an activating group) is 1. The largest absolute Gasteiger partial charge is 0.497 e. The Balaban J connectivity index is 1.89. The third kappa shape index (κ3) is 5.39. The number of hydrogen-bond donors (Lipinski definition) is 0. The van der Waals surface area contributed by atoms with Crippen molar-refractivity contribution in [3.05, 3.63) is 59.1 Å². The number of nitrogens with zero attached hydrogens (tertiary/aromatic N) is 3. The first-order chi connectivity index (χ1) is 14.5. The highest BCUT2D eigenvalue weighted by atomic mass is 35.5. The van der Waals surface area contributed by atoms with Crippen molar-refractivity contribution in [3.63, 3.8) is 0 Å². The van der Waals surface area contributed by atoms with E-state index >= 15 is 0 Å². The number of benzene rings is 2. The Bertz CT molecular complexity index is 1030. The molecule has 1 aromatic heterocycles. The second-order valence-electron chi connectivity index (χ2n) is 6.70. The van der Waals surface area contributed by atoms with Gasteiger partial charge in [-0.1, -0.05) is 55.0 Å². The average molecular weight is 444 g/mol. The minimum atomic E-state index is -0.118. The van der Waals surface area contributed by atoms with Crippen molar-refractivity contribution in [1.82, 2.24) is 9.88 Å². The Morgan fingerprint density at radius 3 is 2.63 bits per heavy atom. The zero-order chi connectivity index (χ0) is 21.5. The maximum atomic E-state index is 13.1. The van der Waals surface area contributed by atoms with Crippen LogP contribution >= 0.6 is 22.9 Å². The Kier molecular flexibility index (Phi) is 7.85. The lowest BCUT2D eigenvalue weighted by Crippen LogP contribution is -2.38. The third-order valence-electron chi connectivity index (χ3n) is 4.93. The smallest absolute Gasteiger partial charge is 0.252 e. The SMILES string of the molecule is CCN(CC)CCN(C(=O)/C=C/c1ccccc1Cl)c1nc2ccc(OC)cc2s1. The summed E-state index contributed by atoms with van der Waals surface area (Å²) in [5, 5.41) is 1.29. The third-order valence-corrected chi connectivity index (χ3v) is 6.31. The van der Waals surface area contributed by atoms with Gasteiger partial charge in [0.2, 0.25) is 0 Å².